The maximum atomic E-state index is 14.1. The van der Waals surface area contributed by atoms with Crippen molar-refractivity contribution in [3.05, 3.63) is 29.1 Å². The standard InChI is InChI=1S/C28H44F3N3O4Si/c1-25(2,3)38-24(36)33-21-9-11-27(16-21,12-14-37-39(7,8)26(4,5)6)23(35)34-13-10-22-19(18-34)15-20(17-32-22)28(29,30)31/h15,17,21H,9-14,16,18H2,1-8H3,(H,33,36)/t21-,27-/m1/s1. The first-order valence-electron chi connectivity index (χ1n) is 13.7. The number of alkyl carbamates (subject to hydrolysis) is 1. The minimum atomic E-state index is -4.50. The Morgan fingerprint density at radius 1 is 1.18 bits per heavy atom. The predicted octanol–water partition coefficient (Wildman–Crippen LogP) is 6.46. The molecule has 0 radical (unpaired) electrons. The zero-order valence-electron chi connectivity index (χ0n) is 24.6. The second kappa shape index (κ2) is 11.0. The fourth-order valence-electron chi connectivity index (χ4n) is 5.06. The van der Waals surface area contributed by atoms with Gasteiger partial charge in [-0.25, -0.2) is 4.79 Å². The average molecular weight is 572 g/mol. The summed E-state index contributed by atoms with van der Waals surface area (Å²) in [6.45, 7) is 17.1. The third-order valence-electron chi connectivity index (χ3n) is 8.29. The lowest BCUT2D eigenvalue weighted by Crippen LogP contribution is -2.48. The highest BCUT2D eigenvalue weighted by Gasteiger charge is 2.49. The molecule has 3 rings (SSSR count). The monoisotopic (exact) mass is 571 g/mol. The molecule has 0 saturated heterocycles. The smallest absolute Gasteiger partial charge is 0.417 e. The van der Waals surface area contributed by atoms with Gasteiger partial charge in [0.15, 0.2) is 8.32 Å². The normalized spacial score (nSPS) is 22.4. The number of nitrogens with zero attached hydrogens (tertiary/aromatic N) is 2. The predicted molar refractivity (Wildman–Crippen MR) is 146 cm³/mol. The van der Waals surface area contributed by atoms with E-state index in [9.17, 15) is 22.8 Å². The van der Waals surface area contributed by atoms with Crippen LogP contribution in [0, 0.1) is 5.41 Å². The van der Waals surface area contributed by atoms with Gasteiger partial charge in [0.25, 0.3) is 0 Å². The molecule has 0 aromatic carbocycles. The van der Waals surface area contributed by atoms with Crippen LogP contribution in [-0.2, 0) is 33.1 Å². The van der Waals surface area contributed by atoms with Gasteiger partial charge in [0.05, 0.1) is 11.0 Å². The van der Waals surface area contributed by atoms with E-state index in [0.29, 0.717) is 56.5 Å². The number of aromatic nitrogens is 1. The van der Waals surface area contributed by atoms with Gasteiger partial charge in [-0.15, -0.1) is 0 Å². The number of ether oxygens (including phenoxy) is 1. The molecule has 1 aromatic heterocycles. The summed E-state index contributed by atoms with van der Waals surface area (Å²) in [6.07, 6.45) is -1.69. The molecule has 1 N–H and O–H groups in total. The zero-order valence-corrected chi connectivity index (χ0v) is 25.6. The molecule has 220 valence electrons. The molecule has 1 saturated carbocycles. The van der Waals surface area contributed by atoms with Crippen molar-refractivity contribution < 1.29 is 31.9 Å². The van der Waals surface area contributed by atoms with Crippen molar-refractivity contribution in [3.63, 3.8) is 0 Å². The van der Waals surface area contributed by atoms with Crippen LogP contribution in [0.2, 0.25) is 18.1 Å². The second-order valence-corrected chi connectivity index (χ2v) is 18.3. The van der Waals surface area contributed by atoms with E-state index in [1.54, 1.807) is 25.7 Å². The van der Waals surface area contributed by atoms with Crippen molar-refractivity contribution in [1.29, 1.82) is 0 Å². The molecule has 0 bridgehead atoms. The summed E-state index contributed by atoms with van der Waals surface area (Å²) in [5, 5.41) is 2.93. The fraction of sp³-hybridized carbons (Fsp3) is 0.750. The van der Waals surface area contributed by atoms with Crippen LogP contribution in [0.5, 0.6) is 0 Å². The van der Waals surface area contributed by atoms with Crippen LogP contribution in [0.15, 0.2) is 12.3 Å². The summed E-state index contributed by atoms with van der Waals surface area (Å²) in [5.41, 5.74) is -1.21. The number of carbonyl (C=O) groups excluding carboxylic acids is 2. The van der Waals surface area contributed by atoms with E-state index in [1.165, 1.54) is 0 Å². The summed E-state index contributed by atoms with van der Waals surface area (Å²) in [6, 6.07) is 0.864. The molecule has 1 fully saturated rings. The number of carbonyl (C=O) groups is 2. The lowest BCUT2D eigenvalue weighted by atomic mass is 9.80. The minimum absolute atomic E-state index is 0.0143. The lowest BCUT2D eigenvalue weighted by Gasteiger charge is -2.39. The van der Waals surface area contributed by atoms with E-state index in [4.69, 9.17) is 9.16 Å². The molecule has 0 unspecified atom stereocenters. The molecular formula is C28H44F3N3O4Si. The van der Waals surface area contributed by atoms with Crippen LogP contribution in [0.25, 0.3) is 0 Å². The molecule has 2 aliphatic rings. The van der Waals surface area contributed by atoms with E-state index in [0.717, 1.165) is 12.3 Å². The van der Waals surface area contributed by atoms with Gasteiger partial charge in [0.1, 0.15) is 5.60 Å². The fourth-order valence-corrected chi connectivity index (χ4v) is 6.11. The Morgan fingerprint density at radius 3 is 2.44 bits per heavy atom. The maximum absolute atomic E-state index is 14.1. The highest BCUT2D eigenvalue weighted by molar-refractivity contribution is 6.74. The lowest BCUT2D eigenvalue weighted by molar-refractivity contribution is -0.144. The van der Waals surface area contributed by atoms with Gasteiger partial charge < -0.3 is 19.4 Å². The largest absolute Gasteiger partial charge is 0.444 e. The first-order valence-corrected chi connectivity index (χ1v) is 16.6. The highest BCUT2D eigenvalue weighted by atomic mass is 28.4. The zero-order chi connectivity index (χ0) is 29.4. The Hall–Kier alpha value is -2.14. The molecule has 2 heterocycles. The summed E-state index contributed by atoms with van der Waals surface area (Å²) < 4.78 is 51.8. The van der Waals surface area contributed by atoms with E-state index in [1.807, 2.05) is 0 Å². The van der Waals surface area contributed by atoms with Gasteiger partial charge >= 0.3 is 12.3 Å². The van der Waals surface area contributed by atoms with Crippen LogP contribution in [-0.4, -0.2) is 55.0 Å². The molecule has 1 aromatic rings. The number of amides is 2. The van der Waals surface area contributed by atoms with E-state index >= 15 is 0 Å². The van der Waals surface area contributed by atoms with Crippen LogP contribution in [0.4, 0.5) is 18.0 Å². The third-order valence-corrected chi connectivity index (χ3v) is 12.8. The van der Waals surface area contributed by atoms with Gasteiger partial charge in [0.2, 0.25) is 5.91 Å². The molecule has 2 amide bonds. The Labute approximate surface area is 231 Å². The van der Waals surface area contributed by atoms with Gasteiger partial charge in [-0.2, -0.15) is 13.2 Å². The first-order chi connectivity index (χ1) is 17.7. The third kappa shape index (κ3) is 7.74. The molecular weight excluding hydrogens is 527 g/mol. The van der Waals surface area contributed by atoms with Crippen molar-refractivity contribution in [3.8, 4) is 0 Å². The molecule has 1 aliphatic heterocycles. The molecule has 2 atom stereocenters. The summed E-state index contributed by atoms with van der Waals surface area (Å²) in [4.78, 5) is 32.3. The Balaban J connectivity index is 1.80. The second-order valence-electron chi connectivity index (χ2n) is 13.5. The Morgan fingerprint density at radius 2 is 1.85 bits per heavy atom. The van der Waals surface area contributed by atoms with Crippen molar-refractivity contribution >= 4 is 20.3 Å². The number of hydrogen-bond acceptors (Lipinski definition) is 5. The van der Waals surface area contributed by atoms with Gasteiger partial charge in [0, 0.05) is 44.0 Å². The number of halogens is 3. The van der Waals surface area contributed by atoms with Crippen molar-refractivity contribution in [2.75, 3.05) is 13.2 Å². The number of rotatable bonds is 6. The number of fused-ring (bicyclic) bond motifs is 1. The number of pyridine rings is 1. The SMILES string of the molecule is CC(C)(C)OC(=O)N[C@@H]1CC[C@](CCO[Si](C)(C)C(C)(C)C)(C(=O)N2CCc3ncc(C(F)(F)F)cc3C2)C1. The van der Waals surface area contributed by atoms with Crippen molar-refractivity contribution in [1.82, 2.24) is 15.2 Å². The van der Waals surface area contributed by atoms with Crippen molar-refractivity contribution in [2.24, 2.45) is 5.41 Å². The molecule has 11 heteroatoms. The highest BCUT2D eigenvalue weighted by Crippen LogP contribution is 2.45. The molecule has 39 heavy (non-hydrogen) atoms. The topological polar surface area (TPSA) is 80.8 Å². The number of hydrogen-bond donors (Lipinski definition) is 1. The van der Waals surface area contributed by atoms with Gasteiger partial charge in [-0.05, 0) is 76.2 Å². The van der Waals surface area contributed by atoms with Crippen LogP contribution in [0.1, 0.15) is 84.0 Å². The van der Waals surface area contributed by atoms with Crippen LogP contribution >= 0.6 is 0 Å². The Kier molecular flexibility index (Phi) is 8.87. The van der Waals surface area contributed by atoms with Crippen LogP contribution < -0.4 is 5.32 Å². The number of nitrogens with one attached hydrogen (secondary N) is 1. The molecule has 7 nitrogen and oxygen atoms in total. The van der Waals surface area contributed by atoms with E-state index in [-0.39, 0.29) is 23.5 Å². The maximum Gasteiger partial charge on any atom is 0.417 e. The summed E-state index contributed by atoms with van der Waals surface area (Å²) in [5.74, 6) is -0.0992. The quantitative estimate of drug-likeness (QED) is 0.397. The van der Waals surface area contributed by atoms with E-state index < -0.39 is 37.2 Å². The summed E-state index contributed by atoms with van der Waals surface area (Å²) >= 11 is 0. The Bertz CT molecular complexity index is 1070. The molecule has 0 spiro atoms. The van der Waals surface area contributed by atoms with Gasteiger partial charge in [-0.3, -0.25) is 9.78 Å². The first kappa shape index (κ1) is 31.4. The minimum Gasteiger partial charge on any atom is -0.444 e. The van der Waals surface area contributed by atoms with Crippen molar-refractivity contribution in [2.45, 2.75) is 116 Å². The van der Waals surface area contributed by atoms with Crippen LogP contribution in [0.3, 0.4) is 0 Å². The molecule has 1 aliphatic carbocycles. The summed E-state index contributed by atoms with van der Waals surface area (Å²) in [7, 11) is -2.06. The number of alkyl halides is 3. The van der Waals surface area contributed by atoms with Gasteiger partial charge in [-0.1, -0.05) is 20.8 Å². The average Bonchev–Trinajstić information content (AvgIpc) is 3.18. The van der Waals surface area contributed by atoms with E-state index in [2.05, 4.69) is 44.2 Å².